The van der Waals surface area contributed by atoms with Gasteiger partial charge < -0.3 is 9.64 Å². The summed E-state index contributed by atoms with van der Waals surface area (Å²) in [6, 6.07) is 0. The summed E-state index contributed by atoms with van der Waals surface area (Å²) in [5.41, 5.74) is 0.279. The standard InChI is InChI=1S/C15H20N6O2/c1-20(2)7-17-15-18-13-12(14(22)19-15)16-8-21(13)11-6-9-4-3-5-10(9)23-11/h7-11H,3-6H2,1-2H3,(H,18,19,22)/b17-7+/t9-,10-,11-/m1/s1/i4T,5T/t4-,5-,9-,10-,11-. The molecule has 3 heterocycles. The van der Waals surface area contributed by atoms with E-state index in [0.29, 0.717) is 18.5 Å². The summed E-state index contributed by atoms with van der Waals surface area (Å²) in [6.07, 6.45) is 3.03. The lowest BCUT2D eigenvalue weighted by Crippen LogP contribution is -2.13. The molecule has 0 unspecified atom stereocenters. The number of fused-ring (bicyclic) bond motifs is 2. The minimum absolute atomic E-state index is 0.0400. The summed E-state index contributed by atoms with van der Waals surface area (Å²) in [5.74, 6) is 0.237. The summed E-state index contributed by atoms with van der Waals surface area (Å²) >= 11 is 0. The third kappa shape index (κ3) is 2.52. The van der Waals surface area contributed by atoms with E-state index in [2.05, 4.69) is 19.9 Å². The maximum atomic E-state index is 12.2. The predicted molar refractivity (Wildman–Crippen MR) is 85.9 cm³/mol. The molecule has 0 aromatic carbocycles. The molecule has 8 nitrogen and oxygen atoms in total. The second-order valence-corrected chi connectivity index (χ2v) is 6.08. The van der Waals surface area contributed by atoms with Crippen molar-refractivity contribution in [1.82, 2.24) is 24.4 Å². The van der Waals surface area contributed by atoms with Gasteiger partial charge in [-0.2, -0.15) is 4.98 Å². The molecule has 0 radical (unpaired) electrons. The molecule has 1 aliphatic carbocycles. The van der Waals surface area contributed by atoms with Crippen LogP contribution in [0.1, 0.15) is 34.6 Å². The third-order valence-electron chi connectivity index (χ3n) is 4.16. The van der Waals surface area contributed by atoms with Crippen LogP contribution in [0.4, 0.5) is 5.95 Å². The van der Waals surface area contributed by atoms with Gasteiger partial charge >= 0.3 is 0 Å². The predicted octanol–water partition coefficient (Wildman–Crippen LogP) is 1.43. The molecule has 2 aromatic heterocycles. The van der Waals surface area contributed by atoms with Gasteiger partial charge in [-0.25, -0.2) is 9.98 Å². The molecular weight excluding hydrogens is 296 g/mol. The first-order chi connectivity index (χ1) is 11.9. The van der Waals surface area contributed by atoms with Gasteiger partial charge in [0.1, 0.15) is 6.23 Å². The molecule has 0 bridgehead atoms. The van der Waals surface area contributed by atoms with Crippen LogP contribution in [0.25, 0.3) is 11.2 Å². The van der Waals surface area contributed by atoms with Crippen molar-refractivity contribution in [1.29, 1.82) is 0 Å². The molecule has 122 valence electrons. The minimum atomic E-state index is -0.371. The Bertz CT molecular complexity index is 863. The van der Waals surface area contributed by atoms with Gasteiger partial charge in [0.05, 0.1) is 18.8 Å². The maximum absolute atomic E-state index is 12.2. The van der Waals surface area contributed by atoms with E-state index in [0.717, 1.165) is 0 Å². The van der Waals surface area contributed by atoms with Crippen LogP contribution in [0, 0.1) is 5.92 Å². The number of rotatable bonds is 3. The fraction of sp³-hybridized carbons (Fsp3) is 0.600. The monoisotopic (exact) mass is 320 g/mol. The highest BCUT2D eigenvalue weighted by Gasteiger charge is 2.39. The number of nitrogens with zero attached hydrogens (tertiary/aromatic N) is 5. The van der Waals surface area contributed by atoms with Crippen LogP contribution in [-0.4, -0.2) is 51.0 Å². The smallest absolute Gasteiger partial charge is 0.280 e. The van der Waals surface area contributed by atoms with Gasteiger partial charge in [-0.1, -0.05) is 6.42 Å². The zero-order chi connectivity index (χ0) is 17.7. The molecule has 1 saturated heterocycles. The number of aliphatic imine (C=N–C) groups is 1. The highest BCUT2D eigenvalue weighted by molar-refractivity contribution is 5.71. The molecule has 8 heteroatoms. The lowest BCUT2D eigenvalue weighted by molar-refractivity contribution is 0.00171. The van der Waals surface area contributed by atoms with Crippen LogP contribution in [0.2, 0.25) is 0 Å². The Hall–Kier alpha value is -2.22. The number of hydrogen-bond acceptors (Lipinski definition) is 5. The molecule has 0 amide bonds. The van der Waals surface area contributed by atoms with Gasteiger partial charge in [-0.15, -0.1) is 0 Å². The molecule has 1 aliphatic heterocycles. The van der Waals surface area contributed by atoms with Crippen molar-refractivity contribution in [2.45, 2.75) is 38.0 Å². The van der Waals surface area contributed by atoms with Crippen LogP contribution in [0.3, 0.4) is 0 Å². The first kappa shape index (κ1) is 12.2. The van der Waals surface area contributed by atoms with Crippen LogP contribution in [-0.2, 0) is 4.74 Å². The Morgan fingerprint density at radius 1 is 1.57 bits per heavy atom. The molecule has 1 N–H and O–H groups in total. The topological polar surface area (TPSA) is 88.4 Å². The number of hydrogen-bond donors (Lipinski definition) is 1. The van der Waals surface area contributed by atoms with Gasteiger partial charge in [0.2, 0.25) is 5.95 Å². The zero-order valence-electron chi connectivity index (χ0n) is 15.0. The van der Waals surface area contributed by atoms with E-state index in [-0.39, 0.29) is 48.1 Å². The van der Waals surface area contributed by atoms with Crippen molar-refractivity contribution >= 4 is 23.5 Å². The number of aromatic nitrogens is 4. The van der Waals surface area contributed by atoms with Gasteiger partial charge in [0.15, 0.2) is 11.2 Å². The summed E-state index contributed by atoms with van der Waals surface area (Å²) in [6.45, 7) is 0. The van der Waals surface area contributed by atoms with E-state index in [1.165, 1.54) is 6.33 Å². The Labute approximate surface area is 136 Å². The van der Waals surface area contributed by atoms with E-state index in [1.54, 1.807) is 15.8 Å². The summed E-state index contributed by atoms with van der Waals surface area (Å²) in [7, 11) is 3.65. The Morgan fingerprint density at radius 3 is 3.22 bits per heavy atom. The Balaban J connectivity index is 1.70. The average molecular weight is 320 g/mol. The number of ether oxygens (including phenoxy) is 1. The molecule has 0 spiro atoms. The summed E-state index contributed by atoms with van der Waals surface area (Å²) in [4.78, 5) is 29.2. The first-order valence-corrected chi connectivity index (χ1v) is 7.61. The highest BCUT2D eigenvalue weighted by Crippen LogP contribution is 2.43. The number of aromatic amines is 1. The van der Waals surface area contributed by atoms with Crippen molar-refractivity contribution in [3.05, 3.63) is 16.7 Å². The van der Waals surface area contributed by atoms with Crippen molar-refractivity contribution in [3.63, 3.8) is 0 Å². The van der Waals surface area contributed by atoms with Crippen LogP contribution in [0.5, 0.6) is 0 Å². The van der Waals surface area contributed by atoms with Crippen LogP contribution in [0.15, 0.2) is 16.1 Å². The largest absolute Gasteiger partial charge is 0.369 e. The van der Waals surface area contributed by atoms with E-state index >= 15 is 0 Å². The number of imidazole rings is 1. The lowest BCUT2D eigenvalue weighted by atomic mass is 10.0. The van der Waals surface area contributed by atoms with Crippen molar-refractivity contribution in [3.8, 4) is 0 Å². The molecule has 23 heavy (non-hydrogen) atoms. The number of nitrogens with one attached hydrogen (secondary N) is 1. The van der Waals surface area contributed by atoms with Crippen molar-refractivity contribution < 1.29 is 7.48 Å². The van der Waals surface area contributed by atoms with E-state index in [9.17, 15) is 4.79 Å². The summed E-state index contributed by atoms with van der Waals surface area (Å²) in [5, 5.41) is 0. The normalized spacial score (nSPS) is 34.8. The van der Waals surface area contributed by atoms with Gasteiger partial charge in [-0.05, 0) is 25.1 Å². The highest BCUT2D eigenvalue weighted by atomic mass is 16.5. The lowest BCUT2D eigenvalue weighted by Gasteiger charge is -2.14. The van der Waals surface area contributed by atoms with Crippen molar-refractivity contribution in [2.24, 2.45) is 10.9 Å². The van der Waals surface area contributed by atoms with E-state index in [1.807, 2.05) is 14.1 Å². The zero-order valence-corrected chi connectivity index (χ0v) is 13.0. The van der Waals surface area contributed by atoms with E-state index < -0.39 is 0 Å². The number of H-pyrrole nitrogens is 1. The van der Waals surface area contributed by atoms with E-state index in [4.69, 9.17) is 7.48 Å². The minimum Gasteiger partial charge on any atom is -0.369 e. The first-order valence-electron chi connectivity index (χ1n) is 8.77. The maximum Gasteiger partial charge on any atom is 0.280 e. The molecule has 5 atom stereocenters. The average Bonchev–Trinajstić information content (AvgIpc) is 3.21. The quantitative estimate of drug-likeness (QED) is 0.682. The van der Waals surface area contributed by atoms with Gasteiger partial charge in [-0.3, -0.25) is 14.3 Å². The van der Waals surface area contributed by atoms with Crippen LogP contribution < -0.4 is 5.56 Å². The van der Waals surface area contributed by atoms with Gasteiger partial charge in [0.25, 0.3) is 5.56 Å². The van der Waals surface area contributed by atoms with Crippen molar-refractivity contribution in [2.75, 3.05) is 14.1 Å². The third-order valence-corrected chi connectivity index (χ3v) is 4.16. The molecular formula is C15H20N6O2. The molecule has 2 fully saturated rings. The van der Waals surface area contributed by atoms with Crippen LogP contribution >= 0.6 is 0 Å². The summed E-state index contributed by atoms with van der Waals surface area (Å²) < 4.78 is 23.9. The Morgan fingerprint density at radius 2 is 2.43 bits per heavy atom. The Kier molecular flexibility index (Phi) is 2.90. The second kappa shape index (κ2) is 5.45. The molecule has 4 rings (SSSR count). The fourth-order valence-corrected chi connectivity index (χ4v) is 3.09. The molecule has 2 aliphatic rings. The molecule has 1 saturated carbocycles. The second-order valence-electron chi connectivity index (χ2n) is 6.08. The van der Waals surface area contributed by atoms with Gasteiger partial charge in [0, 0.05) is 16.8 Å². The fourth-order valence-electron chi connectivity index (χ4n) is 3.09. The molecule has 2 aromatic rings. The SMILES string of the molecule is [3H][C@@H]1C[C@@H]([3H])[C@H]2O[C@@H](n3cnc4c(=O)[nH]c(/N=C/N(C)C)nc43)C[C@H]21.